The van der Waals surface area contributed by atoms with E-state index in [2.05, 4.69) is 15.0 Å². The van der Waals surface area contributed by atoms with Crippen LogP contribution in [-0.4, -0.2) is 36.7 Å². The normalized spacial score (nSPS) is 19.1. The number of anilines is 1. The smallest absolute Gasteiger partial charge is 0.382 e. The molecule has 0 aliphatic carbocycles. The molecular formula is C23H20F4N6O. The summed E-state index contributed by atoms with van der Waals surface area (Å²) in [5, 5.41) is 0. The zero-order valence-corrected chi connectivity index (χ0v) is 18.1. The van der Waals surface area contributed by atoms with Gasteiger partial charge in [-0.1, -0.05) is 6.92 Å². The van der Waals surface area contributed by atoms with Crippen LogP contribution in [0.2, 0.25) is 0 Å². The predicted molar refractivity (Wildman–Crippen MR) is 116 cm³/mol. The monoisotopic (exact) mass is 472 g/mol. The summed E-state index contributed by atoms with van der Waals surface area (Å²) < 4.78 is 55.6. The molecule has 176 valence electrons. The Morgan fingerprint density at radius 1 is 1.18 bits per heavy atom. The summed E-state index contributed by atoms with van der Waals surface area (Å²) in [5.74, 6) is -0.927. The van der Waals surface area contributed by atoms with E-state index in [1.165, 1.54) is 29.6 Å². The molecule has 0 spiro atoms. The number of pyridine rings is 1. The minimum Gasteiger partial charge on any atom is -0.382 e. The molecule has 2 N–H and O–H groups in total. The zero-order chi connectivity index (χ0) is 24.2. The van der Waals surface area contributed by atoms with Crippen molar-refractivity contribution in [2.45, 2.75) is 32.0 Å². The van der Waals surface area contributed by atoms with Crippen LogP contribution in [-0.2, 0) is 6.18 Å². The zero-order valence-electron chi connectivity index (χ0n) is 18.1. The Balaban J connectivity index is 1.55. The van der Waals surface area contributed by atoms with Crippen LogP contribution in [0.3, 0.4) is 0 Å². The van der Waals surface area contributed by atoms with E-state index in [1.54, 1.807) is 4.40 Å². The van der Waals surface area contributed by atoms with E-state index in [4.69, 9.17) is 5.73 Å². The fourth-order valence-corrected chi connectivity index (χ4v) is 4.45. The molecule has 1 aromatic carbocycles. The maximum Gasteiger partial charge on any atom is 0.417 e. The van der Waals surface area contributed by atoms with Gasteiger partial charge >= 0.3 is 6.18 Å². The van der Waals surface area contributed by atoms with Crippen LogP contribution in [0.1, 0.15) is 47.4 Å². The first-order chi connectivity index (χ1) is 16.1. The molecule has 0 radical (unpaired) electrons. The van der Waals surface area contributed by atoms with Crippen molar-refractivity contribution in [1.82, 2.24) is 24.3 Å². The summed E-state index contributed by atoms with van der Waals surface area (Å²) in [4.78, 5) is 27.3. The Hall–Kier alpha value is -3.76. The third-order valence-corrected chi connectivity index (χ3v) is 6.28. The Morgan fingerprint density at radius 2 is 1.97 bits per heavy atom. The van der Waals surface area contributed by atoms with Crippen molar-refractivity contribution >= 4 is 28.3 Å². The molecule has 1 aliphatic heterocycles. The molecule has 1 amide bonds. The van der Waals surface area contributed by atoms with Gasteiger partial charge in [-0.25, -0.2) is 14.4 Å². The van der Waals surface area contributed by atoms with Crippen LogP contribution in [0.5, 0.6) is 0 Å². The molecule has 1 fully saturated rings. The van der Waals surface area contributed by atoms with Gasteiger partial charge in [-0.15, -0.1) is 0 Å². The Labute approximate surface area is 191 Å². The topological polar surface area (TPSA) is 89.4 Å². The van der Waals surface area contributed by atoms with Gasteiger partial charge in [0.2, 0.25) is 0 Å². The number of fused-ring (bicyclic) bond motifs is 3. The van der Waals surface area contributed by atoms with Crippen molar-refractivity contribution in [3.63, 3.8) is 0 Å². The molecule has 1 saturated heterocycles. The first-order valence-corrected chi connectivity index (χ1v) is 10.7. The lowest BCUT2D eigenvalue weighted by atomic mass is 9.89. The van der Waals surface area contributed by atoms with E-state index >= 15 is 4.39 Å². The SMILES string of the molecule is C[C@@H]1CCN(C(=O)c2cc3c(cc2F)nc(N)c2cncn23)C(c2ccc(C(F)(F)F)cn2)C1. The number of nitrogens with zero attached hydrogens (tertiary/aromatic N) is 5. The van der Waals surface area contributed by atoms with E-state index in [0.29, 0.717) is 36.1 Å². The van der Waals surface area contributed by atoms with Gasteiger partial charge in [-0.3, -0.25) is 14.2 Å². The number of piperidine rings is 1. The van der Waals surface area contributed by atoms with E-state index in [-0.39, 0.29) is 22.8 Å². The van der Waals surface area contributed by atoms with E-state index in [9.17, 15) is 18.0 Å². The number of benzene rings is 1. The first kappa shape index (κ1) is 22.1. The maximum atomic E-state index is 15.1. The number of carbonyl (C=O) groups is 1. The summed E-state index contributed by atoms with van der Waals surface area (Å²) in [6.45, 7) is 2.33. The number of nitrogen functional groups attached to an aromatic ring is 1. The average molecular weight is 472 g/mol. The lowest BCUT2D eigenvalue weighted by Gasteiger charge is -2.38. The second-order valence-corrected chi connectivity index (χ2v) is 8.58. The largest absolute Gasteiger partial charge is 0.417 e. The molecule has 5 rings (SSSR count). The van der Waals surface area contributed by atoms with Crippen molar-refractivity contribution in [2.75, 3.05) is 12.3 Å². The van der Waals surface area contributed by atoms with Gasteiger partial charge in [0.05, 0.1) is 46.4 Å². The van der Waals surface area contributed by atoms with Crippen LogP contribution in [0, 0.1) is 11.7 Å². The molecule has 4 heterocycles. The number of amides is 1. The summed E-state index contributed by atoms with van der Waals surface area (Å²) in [6.07, 6.45) is 0.459. The minimum absolute atomic E-state index is 0.166. The molecule has 7 nitrogen and oxygen atoms in total. The third-order valence-electron chi connectivity index (χ3n) is 6.28. The van der Waals surface area contributed by atoms with Crippen molar-refractivity contribution in [1.29, 1.82) is 0 Å². The van der Waals surface area contributed by atoms with E-state index < -0.39 is 29.5 Å². The number of hydrogen-bond acceptors (Lipinski definition) is 5. The van der Waals surface area contributed by atoms with Crippen LogP contribution >= 0.6 is 0 Å². The van der Waals surface area contributed by atoms with Crippen LogP contribution in [0.4, 0.5) is 23.4 Å². The second-order valence-electron chi connectivity index (χ2n) is 8.58. The maximum absolute atomic E-state index is 15.1. The highest BCUT2D eigenvalue weighted by molar-refractivity contribution is 5.98. The molecular weight excluding hydrogens is 452 g/mol. The highest BCUT2D eigenvalue weighted by Crippen LogP contribution is 2.36. The quantitative estimate of drug-likeness (QED) is 0.430. The van der Waals surface area contributed by atoms with Crippen molar-refractivity contribution in [3.8, 4) is 0 Å². The molecule has 34 heavy (non-hydrogen) atoms. The predicted octanol–water partition coefficient (Wildman–Crippen LogP) is 4.63. The standard InChI is InChI=1S/C23H20F4N6O/c1-12-4-5-32(18(6-12)16-3-2-13(9-30-16)23(25,26)27)22(34)14-7-19-17(8-15(14)24)31-21(28)20-10-29-11-33(19)20/h2-3,7-12,18H,4-6H2,1H3,(H2,28,31)/t12-,18?/m1/s1. The summed E-state index contributed by atoms with van der Waals surface area (Å²) in [6, 6.07) is 4.21. The van der Waals surface area contributed by atoms with E-state index in [1.807, 2.05) is 6.92 Å². The van der Waals surface area contributed by atoms with Crippen LogP contribution < -0.4 is 5.73 Å². The molecule has 4 aromatic rings. The molecule has 1 unspecified atom stereocenters. The molecule has 0 saturated carbocycles. The summed E-state index contributed by atoms with van der Waals surface area (Å²) >= 11 is 0. The lowest BCUT2D eigenvalue weighted by Crippen LogP contribution is -2.41. The molecule has 1 aliphatic rings. The molecule has 3 aromatic heterocycles. The number of likely N-dealkylation sites (tertiary alicyclic amines) is 1. The Morgan fingerprint density at radius 3 is 2.68 bits per heavy atom. The van der Waals surface area contributed by atoms with Gasteiger partial charge in [-0.05, 0) is 37.0 Å². The molecule has 2 atom stereocenters. The number of imidazole rings is 1. The first-order valence-electron chi connectivity index (χ1n) is 10.7. The highest BCUT2D eigenvalue weighted by atomic mass is 19.4. The molecule has 0 bridgehead atoms. The minimum atomic E-state index is -4.51. The number of alkyl halides is 3. The van der Waals surface area contributed by atoms with Crippen molar-refractivity contribution < 1.29 is 22.4 Å². The van der Waals surface area contributed by atoms with Gasteiger partial charge in [-0.2, -0.15) is 13.2 Å². The fraction of sp³-hybridized carbons (Fsp3) is 0.304. The number of carbonyl (C=O) groups excluding carboxylic acids is 1. The Bertz CT molecular complexity index is 1400. The van der Waals surface area contributed by atoms with E-state index in [0.717, 1.165) is 18.3 Å². The number of rotatable bonds is 2. The Kier molecular flexibility index (Phi) is 5.14. The number of hydrogen-bond donors (Lipinski definition) is 1. The number of nitrogens with two attached hydrogens (primary N) is 1. The van der Waals surface area contributed by atoms with Gasteiger partial charge in [0.1, 0.15) is 17.2 Å². The number of halogens is 4. The van der Waals surface area contributed by atoms with Crippen molar-refractivity contribution in [3.05, 3.63) is 65.6 Å². The number of aromatic nitrogens is 4. The van der Waals surface area contributed by atoms with Crippen molar-refractivity contribution in [2.24, 2.45) is 5.92 Å². The lowest BCUT2D eigenvalue weighted by molar-refractivity contribution is -0.137. The third kappa shape index (κ3) is 3.70. The summed E-state index contributed by atoms with van der Waals surface area (Å²) in [5.41, 5.74) is 6.47. The highest BCUT2D eigenvalue weighted by Gasteiger charge is 2.35. The van der Waals surface area contributed by atoms with Gasteiger partial charge in [0.25, 0.3) is 5.91 Å². The van der Waals surface area contributed by atoms with Crippen LogP contribution in [0.25, 0.3) is 16.6 Å². The van der Waals surface area contributed by atoms with Gasteiger partial charge in [0, 0.05) is 18.8 Å². The summed E-state index contributed by atoms with van der Waals surface area (Å²) in [7, 11) is 0. The average Bonchev–Trinajstić information content (AvgIpc) is 3.29. The molecule has 11 heteroatoms. The van der Waals surface area contributed by atoms with Gasteiger partial charge < -0.3 is 10.6 Å². The fourth-order valence-electron chi connectivity index (χ4n) is 4.45. The van der Waals surface area contributed by atoms with Gasteiger partial charge in [0.15, 0.2) is 0 Å². The second kappa shape index (κ2) is 7.93. The van der Waals surface area contributed by atoms with Crippen LogP contribution in [0.15, 0.2) is 43.0 Å².